The Morgan fingerprint density at radius 1 is 1.00 bits per heavy atom. The van der Waals surface area contributed by atoms with E-state index in [0.717, 1.165) is 26.8 Å². The molecule has 31 heavy (non-hydrogen) atoms. The predicted molar refractivity (Wildman–Crippen MR) is 124 cm³/mol. The van der Waals surface area contributed by atoms with Gasteiger partial charge in [-0.25, -0.2) is 19.5 Å². The molecule has 0 unspecified atom stereocenters. The fourth-order valence-electron chi connectivity index (χ4n) is 2.62. The summed E-state index contributed by atoms with van der Waals surface area (Å²) in [6.07, 6.45) is 1.48. The molecule has 4 aromatic rings. The summed E-state index contributed by atoms with van der Waals surface area (Å²) < 4.78 is 27.8. The van der Waals surface area contributed by atoms with E-state index < -0.39 is 16.1 Å². The van der Waals surface area contributed by atoms with Crippen molar-refractivity contribution in [3.05, 3.63) is 71.9 Å². The number of benzene rings is 2. The lowest BCUT2D eigenvalue weighted by atomic mass is 10.2. The first-order valence-electron chi connectivity index (χ1n) is 8.96. The molecule has 2 N–H and O–H groups in total. The van der Waals surface area contributed by atoms with Gasteiger partial charge in [0.1, 0.15) is 10.7 Å². The topological polar surface area (TPSA) is 101 Å². The second-order valence-corrected chi connectivity index (χ2v) is 11.7. The van der Waals surface area contributed by atoms with Crippen LogP contribution in [0.2, 0.25) is 0 Å². The van der Waals surface area contributed by atoms with Gasteiger partial charge >= 0.3 is 6.03 Å². The fraction of sp³-hybridized carbons (Fsp3) is 0.0500. The van der Waals surface area contributed by atoms with Crippen molar-refractivity contribution in [3.8, 4) is 11.3 Å². The fourth-order valence-corrected chi connectivity index (χ4v) is 6.73. The van der Waals surface area contributed by atoms with Crippen molar-refractivity contribution in [1.82, 2.24) is 14.7 Å². The Morgan fingerprint density at radius 3 is 2.39 bits per heavy atom. The van der Waals surface area contributed by atoms with Gasteiger partial charge in [-0.1, -0.05) is 71.6 Å². The van der Waals surface area contributed by atoms with Crippen molar-refractivity contribution in [3.63, 3.8) is 0 Å². The Bertz CT molecular complexity index is 1300. The van der Waals surface area contributed by atoms with Crippen LogP contribution in [-0.2, 0) is 10.0 Å². The SMILES string of the molecule is Cc1nc(-c2ccccc2)c(NC(=O)NS(=O)(=O)c2ncc(Sc3ccccc3)s2)s1. The highest BCUT2D eigenvalue weighted by Gasteiger charge is 2.23. The Kier molecular flexibility index (Phi) is 6.37. The smallest absolute Gasteiger partial charge is 0.297 e. The summed E-state index contributed by atoms with van der Waals surface area (Å²) >= 11 is 3.67. The zero-order valence-electron chi connectivity index (χ0n) is 16.1. The summed E-state index contributed by atoms with van der Waals surface area (Å²) in [6, 6.07) is 18.0. The number of rotatable bonds is 6. The monoisotopic (exact) mass is 488 g/mol. The number of hydrogen-bond donors (Lipinski definition) is 2. The van der Waals surface area contributed by atoms with Gasteiger partial charge in [0, 0.05) is 10.5 Å². The molecule has 0 bridgehead atoms. The molecule has 4 rings (SSSR count). The largest absolute Gasteiger partial charge is 0.333 e. The molecule has 2 aromatic carbocycles. The molecular formula is C20H16N4O3S4. The number of nitrogens with one attached hydrogen (secondary N) is 2. The Morgan fingerprint density at radius 2 is 1.68 bits per heavy atom. The van der Waals surface area contributed by atoms with Crippen LogP contribution in [-0.4, -0.2) is 24.4 Å². The van der Waals surface area contributed by atoms with Crippen LogP contribution in [0.1, 0.15) is 5.01 Å². The van der Waals surface area contributed by atoms with E-state index in [-0.39, 0.29) is 4.34 Å². The van der Waals surface area contributed by atoms with Crippen LogP contribution in [0.25, 0.3) is 11.3 Å². The molecule has 0 atom stereocenters. The minimum absolute atomic E-state index is 0.176. The summed E-state index contributed by atoms with van der Waals surface area (Å²) in [5.41, 5.74) is 1.42. The molecule has 0 saturated heterocycles. The van der Waals surface area contributed by atoms with E-state index in [0.29, 0.717) is 14.9 Å². The van der Waals surface area contributed by atoms with Gasteiger partial charge in [0.05, 0.1) is 15.4 Å². The maximum absolute atomic E-state index is 12.6. The van der Waals surface area contributed by atoms with Crippen LogP contribution in [0.3, 0.4) is 0 Å². The second-order valence-electron chi connectivity index (χ2n) is 6.20. The molecule has 0 spiro atoms. The predicted octanol–water partition coefficient (Wildman–Crippen LogP) is 5.24. The van der Waals surface area contributed by atoms with Crippen molar-refractivity contribution < 1.29 is 13.2 Å². The second kappa shape index (κ2) is 9.18. The summed E-state index contributed by atoms with van der Waals surface area (Å²) in [6.45, 7) is 1.82. The molecule has 0 saturated carbocycles. The molecule has 0 aliphatic carbocycles. The Labute approximate surface area is 191 Å². The average molecular weight is 489 g/mol. The zero-order valence-corrected chi connectivity index (χ0v) is 19.4. The lowest BCUT2D eigenvalue weighted by Gasteiger charge is -2.07. The number of urea groups is 1. The first kappa shape index (κ1) is 21.5. The van der Waals surface area contributed by atoms with E-state index in [9.17, 15) is 13.2 Å². The molecule has 11 heteroatoms. The first-order chi connectivity index (χ1) is 14.9. The van der Waals surface area contributed by atoms with E-state index >= 15 is 0 Å². The van der Waals surface area contributed by atoms with Gasteiger partial charge in [-0.15, -0.1) is 11.3 Å². The maximum atomic E-state index is 12.6. The van der Waals surface area contributed by atoms with Gasteiger partial charge in [-0.2, -0.15) is 8.42 Å². The molecule has 2 aromatic heterocycles. The number of thiazole rings is 2. The number of sulfonamides is 1. The number of anilines is 1. The van der Waals surface area contributed by atoms with Crippen LogP contribution in [0, 0.1) is 6.92 Å². The molecule has 2 amide bonds. The number of carbonyl (C=O) groups excluding carboxylic acids is 1. The van der Waals surface area contributed by atoms with Crippen molar-refractivity contribution in [2.24, 2.45) is 0 Å². The van der Waals surface area contributed by atoms with Crippen LogP contribution >= 0.6 is 34.4 Å². The summed E-state index contributed by atoms with van der Waals surface area (Å²) in [7, 11) is -4.11. The number of aromatic nitrogens is 2. The first-order valence-corrected chi connectivity index (χ1v) is 12.9. The quantitative estimate of drug-likeness (QED) is 0.385. The van der Waals surface area contributed by atoms with Gasteiger partial charge in [0.15, 0.2) is 0 Å². The van der Waals surface area contributed by atoms with E-state index in [1.54, 1.807) is 0 Å². The van der Waals surface area contributed by atoms with Crippen LogP contribution in [0.15, 0.2) is 80.3 Å². The maximum Gasteiger partial charge on any atom is 0.333 e. The number of nitrogens with zero attached hydrogens (tertiary/aromatic N) is 2. The van der Waals surface area contributed by atoms with Crippen molar-refractivity contribution >= 4 is 55.5 Å². The highest BCUT2D eigenvalue weighted by molar-refractivity contribution is 8.01. The van der Waals surface area contributed by atoms with E-state index in [2.05, 4.69) is 15.3 Å². The van der Waals surface area contributed by atoms with E-state index in [4.69, 9.17) is 0 Å². The van der Waals surface area contributed by atoms with E-state index in [1.165, 1.54) is 29.3 Å². The standard InChI is InChI=1S/C20H16N4O3S4/c1-13-22-17(14-8-4-2-5-9-14)18(28-13)23-19(25)24-31(26,27)20-21-12-16(30-20)29-15-10-6-3-7-11-15/h2-12H,1H3,(H2,23,24,25). The summed E-state index contributed by atoms with van der Waals surface area (Å²) in [5, 5.41) is 3.82. The highest BCUT2D eigenvalue weighted by Crippen LogP contribution is 2.34. The molecule has 0 aliphatic rings. The normalized spacial score (nSPS) is 11.3. The minimum atomic E-state index is -4.11. The lowest BCUT2D eigenvalue weighted by Crippen LogP contribution is -2.34. The Hall–Kier alpha value is -2.73. The molecule has 158 valence electrons. The number of carbonyl (C=O) groups is 1. The van der Waals surface area contributed by atoms with Crippen LogP contribution in [0.4, 0.5) is 9.80 Å². The van der Waals surface area contributed by atoms with Gasteiger partial charge in [0.2, 0.25) is 4.34 Å². The molecular weight excluding hydrogens is 473 g/mol. The molecule has 0 aliphatic heterocycles. The molecule has 0 fully saturated rings. The van der Waals surface area contributed by atoms with E-state index in [1.807, 2.05) is 72.3 Å². The third-order valence-electron chi connectivity index (χ3n) is 3.89. The van der Waals surface area contributed by atoms with Crippen LogP contribution < -0.4 is 10.0 Å². The summed E-state index contributed by atoms with van der Waals surface area (Å²) in [5.74, 6) is 0. The molecule has 0 radical (unpaired) electrons. The molecule has 2 heterocycles. The van der Waals surface area contributed by atoms with Gasteiger partial charge in [-0.05, 0) is 19.1 Å². The van der Waals surface area contributed by atoms with Crippen molar-refractivity contribution in [2.75, 3.05) is 5.32 Å². The van der Waals surface area contributed by atoms with Gasteiger partial charge in [0.25, 0.3) is 10.0 Å². The lowest BCUT2D eigenvalue weighted by molar-refractivity contribution is 0.256. The Balaban J connectivity index is 1.47. The van der Waals surface area contributed by atoms with Gasteiger partial charge < -0.3 is 0 Å². The van der Waals surface area contributed by atoms with Crippen molar-refractivity contribution in [1.29, 1.82) is 0 Å². The zero-order chi connectivity index (χ0) is 21.8. The average Bonchev–Trinajstić information content (AvgIpc) is 3.36. The third kappa shape index (κ3) is 5.31. The number of hydrogen-bond acceptors (Lipinski definition) is 8. The van der Waals surface area contributed by atoms with Gasteiger partial charge in [-0.3, -0.25) is 5.32 Å². The highest BCUT2D eigenvalue weighted by atomic mass is 32.3. The molecule has 7 nitrogen and oxygen atoms in total. The third-order valence-corrected chi connectivity index (χ3v) is 8.61. The number of aryl methyl sites for hydroxylation is 1. The minimum Gasteiger partial charge on any atom is -0.297 e. The van der Waals surface area contributed by atoms with Crippen molar-refractivity contribution in [2.45, 2.75) is 20.4 Å². The summed E-state index contributed by atoms with van der Waals surface area (Å²) in [4.78, 5) is 21.8. The van der Waals surface area contributed by atoms with Crippen LogP contribution in [0.5, 0.6) is 0 Å². The number of amides is 2.